The summed E-state index contributed by atoms with van der Waals surface area (Å²) in [5, 5.41) is 20.4. The van der Waals surface area contributed by atoms with Crippen LogP contribution in [0.3, 0.4) is 0 Å². The summed E-state index contributed by atoms with van der Waals surface area (Å²) < 4.78 is 5.11. The molecule has 5 nitrogen and oxygen atoms in total. The topological polar surface area (TPSA) is 76.2 Å². The summed E-state index contributed by atoms with van der Waals surface area (Å²) >= 11 is 0. The van der Waals surface area contributed by atoms with E-state index in [9.17, 15) is 15.4 Å². The second-order valence-corrected chi connectivity index (χ2v) is 5.43. The van der Waals surface area contributed by atoms with Gasteiger partial charge >= 0.3 is 0 Å². The fourth-order valence-electron chi connectivity index (χ4n) is 2.92. The Kier molecular flexibility index (Phi) is 4.23. The minimum absolute atomic E-state index is 0.0169. The molecule has 1 aliphatic rings. The van der Waals surface area contributed by atoms with Crippen molar-refractivity contribution in [3.63, 3.8) is 0 Å². The van der Waals surface area contributed by atoms with E-state index in [2.05, 4.69) is 6.07 Å². The van der Waals surface area contributed by atoms with E-state index in [0.29, 0.717) is 12.2 Å². The van der Waals surface area contributed by atoms with Crippen molar-refractivity contribution in [2.75, 3.05) is 7.11 Å². The Morgan fingerprint density at radius 2 is 2.05 bits per heavy atom. The van der Waals surface area contributed by atoms with Crippen LogP contribution in [-0.2, 0) is 6.42 Å². The van der Waals surface area contributed by atoms with Gasteiger partial charge < -0.3 is 4.74 Å². The summed E-state index contributed by atoms with van der Waals surface area (Å²) in [5.74, 6) is 0.470. The molecule has 5 heteroatoms. The fraction of sp³-hybridized carbons (Fsp3) is 0.533. The van der Waals surface area contributed by atoms with Gasteiger partial charge in [0.1, 0.15) is 5.75 Å². The summed E-state index contributed by atoms with van der Waals surface area (Å²) in [6.07, 6.45) is 5.57. The predicted molar refractivity (Wildman–Crippen MR) is 74.5 cm³/mol. The number of rotatable bonds is 4. The molecule has 106 valence electrons. The molecule has 0 saturated heterocycles. The Hall–Kier alpha value is -2.09. The first kappa shape index (κ1) is 14.3. The molecule has 0 amide bonds. The van der Waals surface area contributed by atoms with Gasteiger partial charge in [0.15, 0.2) is 0 Å². The zero-order valence-electron chi connectivity index (χ0n) is 11.6. The molecular weight excluding hydrogens is 256 g/mol. The summed E-state index contributed by atoms with van der Waals surface area (Å²) in [6.45, 7) is 0. The third-order valence-corrected chi connectivity index (χ3v) is 3.99. The maximum Gasteiger partial charge on any atom is 0.273 e. The molecule has 0 unspecified atom stereocenters. The zero-order chi connectivity index (χ0) is 14.6. The Bertz CT molecular complexity index is 543. The highest BCUT2D eigenvalue weighted by Gasteiger charge is 2.32. The first-order chi connectivity index (χ1) is 9.58. The number of methoxy groups -OCH3 is 1. The number of nitro benzene ring substituents is 1. The molecule has 0 aromatic heterocycles. The normalized spacial score (nSPS) is 17.2. The van der Waals surface area contributed by atoms with E-state index >= 15 is 0 Å². The van der Waals surface area contributed by atoms with Crippen molar-refractivity contribution in [1.29, 1.82) is 5.26 Å². The van der Waals surface area contributed by atoms with Gasteiger partial charge in [0.25, 0.3) is 5.69 Å². The van der Waals surface area contributed by atoms with Gasteiger partial charge in [-0.05, 0) is 30.9 Å². The van der Waals surface area contributed by atoms with E-state index in [1.54, 1.807) is 12.1 Å². The van der Waals surface area contributed by atoms with Crippen LogP contribution >= 0.6 is 0 Å². The van der Waals surface area contributed by atoms with E-state index in [0.717, 1.165) is 31.2 Å². The Labute approximate surface area is 118 Å². The maximum atomic E-state index is 10.9. The Morgan fingerprint density at radius 1 is 1.35 bits per heavy atom. The summed E-state index contributed by atoms with van der Waals surface area (Å²) in [7, 11) is 1.49. The number of hydrogen-bond donors (Lipinski definition) is 0. The van der Waals surface area contributed by atoms with Crippen LogP contribution in [0.2, 0.25) is 0 Å². The van der Waals surface area contributed by atoms with Crippen molar-refractivity contribution in [2.24, 2.45) is 5.41 Å². The molecule has 0 spiro atoms. The number of nitriles is 1. The molecule has 2 rings (SSSR count). The third kappa shape index (κ3) is 3.08. The smallest absolute Gasteiger partial charge is 0.273 e. The highest BCUT2D eigenvalue weighted by Crippen LogP contribution is 2.39. The van der Waals surface area contributed by atoms with Crippen LogP contribution in [0, 0.1) is 26.9 Å². The van der Waals surface area contributed by atoms with Gasteiger partial charge in [0.2, 0.25) is 0 Å². The van der Waals surface area contributed by atoms with Crippen LogP contribution in [0.15, 0.2) is 18.2 Å². The van der Waals surface area contributed by atoms with Crippen molar-refractivity contribution in [1.82, 2.24) is 0 Å². The zero-order valence-corrected chi connectivity index (χ0v) is 11.6. The molecular formula is C15H18N2O3. The summed E-state index contributed by atoms with van der Waals surface area (Å²) in [5.41, 5.74) is 0.445. The van der Waals surface area contributed by atoms with Gasteiger partial charge in [-0.1, -0.05) is 19.3 Å². The van der Waals surface area contributed by atoms with Gasteiger partial charge in [-0.2, -0.15) is 5.26 Å². The van der Waals surface area contributed by atoms with Crippen molar-refractivity contribution < 1.29 is 9.66 Å². The first-order valence-corrected chi connectivity index (χ1v) is 6.82. The molecule has 0 heterocycles. The van der Waals surface area contributed by atoms with E-state index in [1.807, 2.05) is 0 Å². The Balaban J connectivity index is 2.30. The van der Waals surface area contributed by atoms with Gasteiger partial charge in [-0.3, -0.25) is 10.1 Å². The third-order valence-electron chi connectivity index (χ3n) is 3.99. The minimum atomic E-state index is -0.425. The van der Waals surface area contributed by atoms with Gasteiger partial charge in [-0.15, -0.1) is 0 Å². The van der Waals surface area contributed by atoms with Gasteiger partial charge in [-0.25, -0.2) is 0 Å². The van der Waals surface area contributed by atoms with Crippen LogP contribution in [0.1, 0.15) is 37.7 Å². The lowest BCUT2D eigenvalue weighted by Crippen LogP contribution is -2.24. The lowest BCUT2D eigenvalue weighted by atomic mass is 9.71. The molecule has 0 radical (unpaired) electrons. The number of benzene rings is 1. The molecule has 0 atom stereocenters. The molecule has 1 aromatic carbocycles. The van der Waals surface area contributed by atoms with E-state index < -0.39 is 4.92 Å². The highest BCUT2D eigenvalue weighted by molar-refractivity contribution is 5.43. The first-order valence-electron chi connectivity index (χ1n) is 6.82. The lowest BCUT2D eigenvalue weighted by Gasteiger charge is -2.30. The summed E-state index contributed by atoms with van der Waals surface area (Å²) in [6, 6.07) is 7.19. The SMILES string of the molecule is COc1cc(CC2(C#N)CCCCC2)cc([N+](=O)[O-])c1. The number of ether oxygens (including phenoxy) is 1. The van der Waals surface area contributed by atoms with Crippen LogP contribution in [0.4, 0.5) is 5.69 Å². The Morgan fingerprint density at radius 3 is 2.60 bits per heavy atom. The number of hydrogen-bond acceptors (Lipinski definition) is 4. The van der Waals surface area contributed by atoms with E-state index in [4.69, 9.17) is 4.74 Å². The molecule has 0 N–H and O–H groups in total. The number of nitro groups is 1. The van der Waals surface area contributed by atoms with Gasteiger partial charge in [0.05, 0.1) is 29.6 Å². The maximum absolute atomic E-state index is 10.9. The van der Waals surface area contributed by atoms with Crippen molar-refractivity contribution in [3.05, 3.63) is 33.9 Å². The van der Waals surface area contributed by atoms with Crippen LogP contribution in [0.25, 0.3) is 0 Å². The molecule has 0 bridgehead atoms. The lowest BCUT2D eigenvalue weighted by molar-refractivity contribution is -0.385. The van der Waals surface area contributed by atoms with E-state index in [1.165, 1.54) is 19.6 Å². The molecule has 1 aliphatic carbocycles. The van der Waals surface area contributed by atoms with E-state index in [-0.39, 0.29) is 11.1 Å². The second-order valence-electron chi connectivity index (χ2n) is 5.43. The van der Waals surface area contributed by atoms with Crippen molar-refractivity contribution in [2.45, 2.75) is 38.5 Å². The monoisotopic (exact) mass is 274 g/mol. The number of non-ortho nitro benzene ring substituents is 1. The van der Waals surface area contributed by atoms with Crippen LogP contribution < -0.4 is 4.74 Å². The molecule has 1 aromatic rings. The quantitative estimate of drug-likeness (QED) is 0.620. The average Bonchev–Trinajstić information content (AvgIpc) is 2.47. The summed E-state index contributed by atoms with van der Waals surface area (Å²) in [4.78, 5) is 10.5. The average molecular weight is 274 g/mol. The van der Waals surface area contributed by atoms with Crippen LogP contribution in [0.5, 0.6) is 5.75 Å². The minimum Gasteiger partial charge on any atom is -0.496 e. The fourth-order valence-corrected chi connectivity index (χ4v) is 2.92. The molecule has 1 saturated carbocycles. The molecule has 0 aliphatic heterocycles. The van der Waals surface area contributed by atoms with Crippen molar-refractivity contribution >= 4 is 5.69 Å². The molecule has 20 heavy (non-hydrogen) atoms. The van der Waals surface area contributed by atoms with Crippen molar-refractivity contribution in [3.8, 4) is 11.8 Å². The standard InChI is InChI=1S/C15H18N2O3/c1-20-14-8-12(7-13(9-14)17(18)19)10-15(11-16)5-3-2-4-6-15/h7-9H,2-6,10H2,1H3. The van der Waals surface area contributed by atoms with Gasteiger partial charge in [0, 0.05) is 6.07 Å². The second kappa shape index (κ2) is 5.91. The number of nitrogens with zero attached hydrogens (tertiary/aromatic N) is 2. The largest absolute Gasteiger partial charge is 0.496 e. The predicted octanol–water partition coefficient (Wildman–Crippen LogP) is 3.62. The van der Waals surface area contributed by atoms with Crippen LogP contribution in [-0.4, -0.2) is 12.0 Å². The molecule has 1 fully saturated rings. The highest BCUT2D eigenvalue weighted by atomic mass is 16.6.